The molecule has 0 aromatic heterocycles. The van der Waals surface area contributed by atoms with Crippen molar-refractivity contribution in [1.82, 2.24) is 0 Å². The van der Waals surface area contributed by atoms with Crippen LogP contribution in [0.25, 0.3) is 0 Å². The molecule has 0 saturated heterocycles. The van der Waals surface area contributed by atoms with Crippen LogP contribution in [0.3, 0.4) is 0 Å². The van der Waals surface area contributed by atoms with E-state index < -0.39 is 5.82 Å². The molecule has 0 unspecified atom stereocenters. The number of halogens is 1. The summed E-state index contributed by atoms with van der Waals surface area (Å²) in [6.07, 6.45) is 7.10. The summed E-state index contributed by atoms with van der Waals surface area (Å²) in [4.78, 5) is 12.2. The molecule has 0 spiro atoms. The quantitative estimate of drug-likeness (QED) is 0.770. The Morgan fingerprint density at radius 1 is 1.26 bits per heavy atom. The van der Waals surface area contributed by atoms with Gasteiger partial charge >= 0.3 is 0 Å². The van der Waals surface area contributed by atoms with Gasteiger partial charge in [-0.2, -0.15) is 0 Å². The maximum atomic E-state index is 13.6. The fraction of sp³-hybridized carbons (Fsp3) is 0.562. The highest BCUT2D eigenvalue weighted by molar-refractivity contribution is 5.83. The van der Waals surface area contributed by atoms with Gasteiger partial charge in [-0.15, -0.1) is 0 Å². The van der Waals surface area contributed by atoms with Crippen molar-refractivity contribution in [2.24, 2.45) is 5.92 Å². The first-order valence-electron chi connectivity index (χ1n) is 7.06. The highest BCUT2D eigenvalue weighted by Crippen LogP contribution is 2.25. The van der Waals surface area contributed by atoms with E-state index in [1.807, 2.05) is 0 Å². The smallest absolute Gasteiger partial charge is 0.165 e. The molecule has 0 aliphatic heterocycles. The molecule has 1 saturated carbocycles. The second kappa shape index (κ2) is 6.69. The number of benzene rings is 1. The first kappa shape index (κ1) is 14.0. The summed E-state index contributed by atoms with van der Waals surface area (Å²) in [7, 11) is 1.44. The standard InChI is InChI=1S/C16H21FO2/c1-19-16-9-8-12(10-14(16)17)11-15(18)13-6-4-2-3-5-7-13/h8-10,13H,2-7,11H2,1H3. The van der Waals surface area contributed by atoms with Crippen LogP contribution in [-0.2, 0) is 11.2 Å². The van der Waals surface area contributed by atoms with Crippen LogP contribution in [0.2, 0.25) is 0 Å². The lowest BCUT2D eigenvalue weighted by molar-refractivity contribution is -0.122. The Labute approximate surface area is 114 Å². The fourth-order valence-corrected chi connectivity index (χ4v) is 2.77. The lowest BCUT2D eigenvalue weighted by Gasteiger charge is -2.13. The molecular formula is C16H21FO2. The molecule has 1 aromatic rings. The zero-order valence-corrected chi connectivity index (χ0v) is 11.5. The summed E-state index contributed by atoms with van der Waals surface area (Å²) >= 11 is 0. The van der Waals surface area contributed by atoms with Gasteiger partial charge in [0, 0.05) is 12.3 Å². The second-order valence-electron chi connectivity index (χ2n) is 5.30. The molecule has 0 radical (unpaired) electrons. The highest BCUT2D eigenvalue weighted by Gasteiger charge is 2.20. The van der Waals surface area contributed by atoms with Crippen molar-refractivity contribution in [2.45, 2.75) is 44.9 Å². The molecule has 0 N–H and O–H groups in total. The first-order valence-corrected chi connectivity index (χ1v) is 7.06. The van der Waals surface area contributed by atoms with Crippen molar-refractivity contribution in [3.05, 3.63) is 29.6 Å². The zero-order valence-electron chi connectivity index (χ0n) is 11.5. The fourth-order valence-electron chi connectivity index (χ4n) is 2.77. The third-order valence-corrected chi connectivity index (χ3v) is 3.91. The molecule has 104 valence electrons. The molecule has 0 bridgehead atoms. The first-order chi connectivity index (χ1) is 9.20. The monoisotopic (exact) mass is 264 g/mol. The Bertz CT molecular complexity index is 434. The van der Waals surface area contributed by atoms with Gasteiger partial charge in [-0.05, 0) is 30.5 Å². The van der Waals surface area contributed by atoms with E-state index >= 15 is 0 Å². The minimum atomic E-state index is -0.395. The minimum Gasteiger partial charge on any atom is -0.494 e. The Morgan fingerprint density at radius 2 is 1.95 bits per heavy atom. The minimum absolute atomic E-state index is 0.174. The van der Waals surface area contributed by atoms with E-state index in [1.165, 1.54) is 26.0 Å². The van der Waals surface area contributed by atoms with Crippen molar-refractivity contribution in [2.75, 3.05) is 7.11 Å². The molecule has 2 rings (SSSR count). The van der Waals surface area contributed by atoms with Crippen molar-refractivity contribution >= 4 is 5.78 Å². The number of carbonyl (C=O) groups excluding carboxylic acids is 1. The summed E-state index contributed by atoms with van der Waals surface area (Å²) in [5.41, 5.74) is 0.743. The molecule has 1 fully saturated rings. The summed E-state index contributed by atoms with van der Waals surface area (Å²) in [6.45, 7) is 0. The molecule has 1 aromatic carbocycles. The molecule has 19 heavy (non-hydrogen) atoms. The molecule has 2 nitrogen and oxygen atoms in total. The number of hydrogen-bond donors (Lipinski definition) is 0. The van der Waals surface area contributed by atoms with Gasteiger partial charge in [0.2, 0.25) is 0 Å². The van der Waals surface area contributed by atoms with E-state index in [9.17, 15) is 9.18 Å². The molecule has 0 heterocycles. The largest absolute Gasteiger partial charge is 0.494 e. The summed E-state index contributed by atoms with van der Waals surface area (Å²) in [5.74, 6) is 0.262. The molecule has 0 atom stereocenters. The third kappa shape index (κ3) is 3.79. The van der Waals surface area contributed by atoms with Gasteiger partial charge in [0.25, 0.3) is 0 Å². The Balaban J connectivity index is 1.99. The number of hydrogen-bond acceptors (Lipinski definition) is 2. The Hall–Kier alpha value is -1.38. The third-order valence-electron chi connectivity index (χ3n) is 3.91. The van der Waals surface area contributed by atoms with E-state index in [4.69, 9.17) is 4.74 Å². The lowest BCUT2D eigenvalue weighted by atomic mass is 9.91. The van der Waals surface area contributed by atoms with Gasteiger partial charge in [0.15, 0.2) is 11.6 Å². The van der Waals surface area contributed by atoms with Crippen LogP contribution in [0.5, 0.6) is 5.75 Å². The number of methoxy groups -OCH3 is 1. The van der Waals surface area contributed by atoms with Crippen molar-refractivity contribution in [1.29, 1.82) is 0 Å². The average Bonchev–Trinajstić information content (AvgIpc) is 2.68. The van der Waals surface area contributed by atoms with E-state index in [2.05, 4.69) is 0 Å². The second-order valence-corrected chi connectivity index (χ2v) is 5.30. The maximum Gasteiger partial charge on any atom is 0.165 e. The summed E-state index contributed by atoms with van der Waals surface area (Å²) in [6, 6.07) is 4.77. The normalized spacial score (nSPS) is 16.9. The number of ketones is 1. The van der Waals surface area contributed by atoms with Crippen LogP contribution in [0.4, 0.5) is 4.39 Å². The summed E-state index contributed by atoms with van der Waals surface area (Å²) in [5, 5.41) is 0. The van der Waals surface area contributed by atoms with Crippen LogP contribution in [0, 0.1) is 11.7 Å². The molecule has 1 aliphatic carbocycles. The van der Waals surface area contributed by atoms with E-state index in [0.717, 1.165) is 31.2 Å². The van der Waals surface area contributed by atoms with Crippen LogP contribution < -0.4 is 4.74 Å². The van der Waals surface area contributed by atoms with Crippen LogP contribution in [0.1, 0.15) is 44.1 Å². The molecule has 0 amide bonds. The number of rotatable bonds is 4. The molecule has 3 heteroatoms. The molecule has 1 aliphatic rings. The topological polar surface area (TPSA) is 26.3 Å². The van der Waals surface area contributed by atoms with Crippen LogP contribution >= 0.6 is 0 Å². The predicted molar refractivity (Wildman–Crippen MR) is 72.9 cm³/mol. The van der Waals surface area contributed by atoms with Gasteiger partial charge in [-0.1, -0.05) is 31.7 Å². The van der Waals surface area contributed by atoms with E-state index in [0.29, 0.717) is 6.42 Å². The van der Waals surface area contributed by atoms with Crippen LogP contribution in [-0.4, -0.2) is 12.9 Å². The number of Topliss-reactive ketones (excluding diaryl/α,β-unsaturated/α-hetero) is 1. The van der Waals surface area contributed by atoms with Crippen molar-refractivity contribution in [3.8, 4) is 5.75 Å². The highest BCUT2D eigenvalue weighted by atomic mass is 19.1. The zero-order chi connectivity index (χ0) is 13.7. The van der Waals surface area contributed by atoms with Gasteiger partial charge < -0.3 is 4.74 Å². The van der Waals surface area contributed by atoms with Crippen LogP contribution in [0.15, 0.2) is 18.2 Å². The van der Waals surface area contributed by atoms with Gasteiger partial charge in [0.05, 0.1) is 7.11 Å². The van der Waals surface area contributed by atoms with E-state index in [-0.39, 0.29) is 17.5 Å². The SMILES string of the molecule is COc1ccc(CC(=O)C2CCCCCC2)cc1F. The van der Waals surface area contributed by atoms with Gasteiger partial charge in [-0.25, -0.2) is 4.39 Å². The van der Waals surface area contributed by atoms with Crippen molar-refractivity contribution < 1.29 is 13.9 Å². The number of carbonyl (C=O) groups is 1. The van der Waals surface area contributed by atoms with Gasteiger partial charge in [-0.3, -0.25) is 4.79 Å². The number of ether oxygens (including phenoxy) is 1. The lowest BCUT2D eigenvalue weighted by Crippen LogP contribution is -2.16. The maximum absolute atomic E-state index is 13.6. The van der Waals surface area contributed by atoms with E-state index in [1.54, 1.807) is 12.1 Å². The molecular weight excluding hydrogens is 243 g/mol. The summed E-state index contributed by atoms with van der Waals surface area (Å²) < 4.78 is 18.4. The Morgan fingerprint density at radius 3 is 2.53 bits per heavy atom. The van der Waals surface area contributed by atoms with Gasteiger partial charge in [0.1, 0.15) is 5.78 Å². The van der Waals surface area contributed by atoms with Crippen molar-refractivity contribution in [3.63, 3.8) is 0 Å². The predicted octanol–water partition coefficient (Wildman–Crippen LogP) is 3.92. The Kier molecular flexibility index (Phi) is 4.94. The average molecular weight is 264 g/mol.